The highest BCUT2D eigenvalue weighted by Gasteiger charge is 2.43. The van der Waals surface area contributed by atoms with Crippen molar-refractivity contribution < 1.29 is 26.7 Å². The quantitative estimate of drug-likeness (QED) is 0.381. The van der Waals surface area contributed by atoms with Gasteiger partial charge in [-0.1, -0.05) is 6.92 Å². The van der Waals surface area contributed by atoms with Gasteiger partial charge in [0.1, 0.15) is 24.4 Å². The molecule has 5 rings (SSSR count). The Morgan fingerprint density at radius 3 is 2.67 bits per heavy atom. The molecule has 13 heteroatoms. The van der Waals surface area contributed by atoms with Crippen LogP contribution in [0.3, 0.4) is 0 Å². The number of hydrogen-bond acceptors (Lipinski definition) is 8. The van der Waals surface area contributed by atoms with Crippen molar-refractivity contribution in [3.8, 4) is 12.1 Å². The number of aromatic nitrogens is 2. The first-order chi connectivity index (χ1) is 19.9. The van der Waals surface area contributed by atoms with Crippen LogP contribution in [-0.4, -0.2) is 73.0 Å². The van der Waals surface area contributed by atoms with E-state index in [1.807, 2.05) is 16.8 Å². The Morgan fingerprint density at radius 1 is 1.24 bits per heavy atom. The molecule has 3 aliphatic rings. The van der Waals surface area contributed by atoms with Crippen molar-refractivity contribution in [1.29, 1.82) is 5.26 Å². The van der Waals surface area contributed by atoms with E-state index in [2.05, 4.69) is 16.4 Å². The first-order valence-corrected chi connectivity index (χ1v) is 14.2. The number of rotatable bonds is 6. The number of anilines is 2. The van der Waals surface area contributed by atoms with Crippen LogP contribution in [0.1, 0.15) is 53.6 Å². The summed E-state index contributed by atoms with van der Waals surface area (Å²) in [5, 5.41) is 12.6. The lowest BCUT2D eigenvalue weighted by molar-refractivity contribution is -0.139. The maximum Gasteiger partial charge on any atom is 0.417 e. The van der Waals surface area contributed by atoms with Gasteiger partial charge in [-0.05, 0) is 56.7 Å². The highest BCUT2D eigenvalue weighted by Crippen LogP contribution is 2.47. The maximum absolute atomic E-state index is 15.5. The summed E-state index contributed by atoms with van der Waals surface area (Å²) in [4.78, 5) is 13.3. The Kier molecular flexibility index (Phi) is 8.49. The molecule has 0 radical (unpaired) electrons. The SMILES string of the molecule is Cc1cc(N)c(F)c(C2Cc3nc(OC[C@@H]4C[C@@H](F)CN4C)nc(N4CCNC(CC#N)C4)c3CC2C)c1C(F)(F)F. The fourth-order valence-electron chi connectivity index (χ4n) is 6.67. The number of nitrogen functional groups attached to an aromatic ring is 1. The smallest absolute Gasteiger partial charge is 0.417 e. The summed E-state index contributed by atoms with van der Waals surface area (Å²) in [6.07, 6.45) is -4.74. The number of nitrogens with two attached hydrogens (primary N) is 1. The van der Waals surface area contributed by atoms with Crippen molar-refractivity contribution in [3.63, 3.8) is 0 Å². The molecule has 2 saturated heterocycles. The second-order valence-corrected chi connectivity index (χ2v) is 11.8. The minimum atomic E-state index is -4.77. The average molecular weight is 594 g/mol. The third kappa shape index (κ3) is 5.97. The number of piperazine rings is 1. The molecule has 228 valence electrons. The number of nitrogens with one attached hydrogen (secondary N) is 1. The molecule has 2 aromatic rings. The lowest BCUT2D eigenvalue weighted by Gasteiger charge is -2.38. The number of hydrogen-bond donors (Lipinski definition) is 2. The number of aryl methyl sites for hydroxylation is 1. The number of fused-ring (bicyclic) bond motifs is 1. The molecule has 8 nitrogen and oxygen atoms in total. The molecule has 3 unspecified atom stereocenters. The van der Waals surface area contributed by atoms with E-state index in [1.165, 1.54) is 6.92 Å². The van der Waals surface area contributed by atoms with Crippen LogP contribution in [0.2, 0.25) is 0 Å². The van der Waals surface area contributed by atoms with Crippen LogP contribution in [0, 0.1) is 30.0 Å². The van der Waals surface area contributed by atoms with Crippen LogP contribution in [0.4, 0.5) is 33.5 Å². The van der Waals surface area contributed by atoms with Gasteiger partial charge in [-0.25, -0.2) is 8.78 Å². The van der Waals surface area contributed by atoms with Gasteiger partial charge < -0.3 is 20.7 Å². The van der Waals surface area contributed by atoms with E-state index >= 15 is 4.39 Å². The molecule has 42 heavy (non-hydrogen) atoms. The lowest BCUT2D eigenvalue weighted by atomic mass is 9.73. The maximum atomic E-state index is 15.5. The Hall–Kier alpha value is -3.24. The third-order valence-electron chi connectivity index (χ3n) is 8.79. The summed E-state index contributed by atoms with van der Waals surface area (Å²) in [5.41, 5.74) is 5.22. The summed E-state index contributed by atoms with van der Waals surface area (Å²) < 4.78 is 78.2. The van der Waals surface area contributed by atoms with E-state index in [1.54, 1.807) is 6.92 Å². The second-order valence-electron chi connectivity index (χ2n) is 11.8. The lowest BCUT2D eigenvalue weighted by Crippen LogP contribution is -2.51. The number of nitrogens with zero attached hydrogens (tertiary/aromatic N) is 5. The molecule has 3 N–H and O–H groups in total. The summed E-state index contributed by atoms with van der Waals surface area (Å²) >= 11 is 0. The number of likely N-dealkylation sites (tertiary alicyclic amines) is 1. The normalized spacial score (nSPS) is 26.6. The standard InChI is InChI=1S/C29H36F5N7O/c1-15-8-21-23(11-20(15)24-25(29(32,33)34)16(2)9-22(36)26(24)31)38-28(42-14-19-10-17(30)12-40(19)3)39-27(21)41-7-6-37-18(13-41)4-5-35/h9,15,17-20,37H,4,6-8,10-14,36H2,1-3H3/t15?,17-,18?,19+,20?/m1/s1. The molecular formula is C29H36F5N7O. The van der Waals surface area contributed by atoms with E-state index < -0.39 is 35.2 Å². The fourth-order valence-corrected chi connectivity index (χ4v) is 6.67. The number of alkyl halides is 4. The molecular weight excluding hydrogens is 557 g/mol. The van der Waals surface area contributed by atoms with E-state index in [4.69, 9.17) is 15.5 Å². The highest BCUT2D eigenvalue weighted by atomic mass is 19.4. The van der Waals surface area contributed by atoms with Crippen LogP contribution in [-0.2, 0) is 19.0 Å². The molecule has 5 atom stereocenters. The number of halogens is 5. The predicted molar refractivity (Wildman–Crippen MR) is 148 cm³/mol. The molecule has 1 aliphatic carbocycles. The van der Waals surface area contributed by atoms with Gasteiger partial charge in [-0.2, -0.15) is 28.4 Å². The Morgan fingerprint density at radius 2 is 2.00 bits per heavy atom. The zero-order valence-electron chi connectivity index (χ0n) is 23.9. The largest absolute Gasteiger partial charge is 0.462 e. The topological polar surface area (TPSA) is 103 Å². The van der Waals surface area contributed by atoms with Crippen LogP contribution in [0.15, 0.2) is 6.07 Å². The first kappa shape index (κ1) is 30.2. The van der Waals surface area contributed by atoms with E-state index in [0.29, 0.717) is 57.0 Å². The van der Waals surface area contributed by atoms with E-state index in [0.717, 1.165) is 11.6 Å². The van der Waals surface area contributed by atoms with Crippen molar-refractivity contribution in [1.82, 2.24) is 20.2 Å². The molecule has 3 heterocycles. The third-order valence-corrected chi connectivity index (χ3v) is 8.79. The van der Waals surface area contributed by atoms with Gasteiger partial charge in [0.2, 0.25) is 0 Å². The van der Waals surface area contributed by atoms with Gasteiger partial charge >= 0.3 is 12.2 Å². The Bertz CT molecular complexity index is 1360. The molecule has 1 aromatic heterocycles. The summed E-state index contributed by atoms with van der Waals surface area (Å²) in [6, 6.07) is 3.00. The predicted octanol–water partition coefficient (Wildman–Crippen LogP) is 4.16. The van der Waals surface area contributed by atoms with Crippen molar-refractivity contribution in [3.05, 3.63) is 39.8 Å². The molecule has 0 spiro atoms. The molecule has 2 fully saturated rings. The number of likely N-dealkylation sites (N-methyl/N-ethyl adjacent to an activating group) is 1. The fraction of sp³-hybridized carbons (Fsp3) is 0.621. The van der Waals surface area contributed by atoms with Gasteiger partial charge in [-0.15, -0.1) is 0 Å². The minimum Gasteiger partial charge on any atom is -0.462 e. The zero-order valence-corrected chi connectivity index (χ0v) is 23.9. The monoisotopic (exact) mass is 593 g/mol. The number of nitriles is 1. The first-order valence-electron chi connectivity index (χ1n) is 14.2. The van der Waals surface area contributed by atoms with Crippen LogP contribution >= 0.6 is 0 Å². The van der Waals surface area contributed by atoms with Crippen molar-refractivity contribution in [2.24, 2.45) is 5.92 Å². The molecule has 2 aliphatic heterocycles. The van der Waals surface area contributed by atoms with Gasteiger partial charge in [0.25, 0.3) is 0 Å². The van der Waals surface area contributed by atoms with Crippen LogP contribution in [0.25, 0.3) is 0 Å². The average Bonchev–Trinajstić information content (AvgIpc) is 3.25. The number of benzene rings is 1. The van der Waals surface area contributed by atoms with Crippen molar-refractivity contribution >= 4 is 11.5 Å². The van der Waals surface area contributed by atoms with Gasteiger partial charge in [0, 0.05) is 49.4 Å². The number of ether oxygens (including phenoxy) is 1. The van der Waals surface area contributed by atoms with Crippen LogP contribution in [0.5, 0.6) is 6.01 Å². The van der Waals surface area contributed by atoms with Crippen LogP contribution < -0.4 is 20.7 Å². The van der Waals surface area contributed by atoms with Gasteiger partial charge in [-0.3, -0.25) is 4.90 Å². The summed E-state index contributed by atoms with van der Waals surface area (Å²) in [6.45, 7) is 5.27. The molecule has 0 saturated carbocycles. The van der Waals surface area contributed by atoms with Gasteiger partial charge in [0.15, 0.2) is 0 Å². The van der Waals surface area contributed by atoms with Crippen molar-refractivity contribution in [2.75, 3.05) is 50.5 Å². The van der Waals surface area contributed by atoms with Gasteiger partial charge in [0.05, 0.1) is 29.4 Å². The minimum absolute atomic E-state index is 0.0366. The highest BCUT2D eigenvalue weighted by molar-refractivity contribution is 5.56. The van der Waals surface area contributed by atoms with E-state index in [-0.39, 0.29) is 48.3 Å². The molecule has 1 aromatic carbocycles. The zero-order chi connectivity index (χ0) is 30.3. The summed E-state index contributed by atoms with van der Waals surface area (Å²) in [7, 11) is 1.81. The second kappa shape index (κ2) is 11.8. The van der Waals surface area contributed by atoms with E-state index in [9.17, 15) is 22.8 Å². The van der Waals surface area contributed by atoms with Crippen molar-refractivity contribution in [2.45, 2.75) is 69.9 Å². The Balaban J connectivity index is 1.55. The Labute approximate surface area is 242 Å². The molecule has 0 amide bonds. The summed E-state index contributed by atoms with van der Waals surface area (Å²) in [5.74, 6) is -1.66. The molecule has 0 bridgehead atoms.